The number of nitrogens with zero attached hydrogens (tertiary/aromatic N) is 1. The number of fused-ring (bicyclic) bond motifs is 1. The van der Waals surface area contributed by atoms with Gasteiger partial charge in [-0.25, -0.2) is 9.78 Å². The van der Waals surface area contributed by atoms with E-state index >= 15 is 0 Å². The van der Waals surface area contributed by atoms with Crippen LogP contribution in [0.15, 0.2) is 68.0 Å². The smallest absolute Gasteiger partial charge is 0.336 e. The lowest BCUT2D eigenvalue weighted by Crippen LogP contribution is -2.00. The first-order chi connectivity index (χ1) is 12.9. The summed E-state index contributed by atoms with van der Waals surface area (Å²) in [5.74, 6) is 0.0138. The number of carbonyl (C=O) groups is 1. The zero-order valence-electron chi connectivity index (χ0n) is 13.5. The molecule has 134 valence electrons. The summed E-state index contributed by atoms with van der Waals surface area (Å²) < 4.78 is 7.37. The van der Waals surface area contributed by atoms with Crippen molar-refractivity contribution in [2.45, 2.75) is 0 Å². The highest BCUT2D eigenvalue weighted by atomic mass is 79.9. The van der Waals surface area contributed by atoms with Gasteiger partial charge in [-0.05, 0) is 58.4 Å². The Balaban J connectivity index is 1.90. The largest absolute Gasteiger partial charge is 0.478 e. The zero-order chi connectivity index (χ0) is 19.1. The Hall–Kier alpha value is -2.15. The molecule has 0 saturated heterocycles. The summed E-state index contributed by atoms with van der Waals surface area (Å²) in [6.45, 7) is 0. The van der Waals surface area contributed by atoms with Crippen molar-refractivity contribution in [3.8, 4) is 22.8 Å². The predicted octanol–water partition coefficient (Wildman–Crippen LogP) is 7.04. The van der Waals surface area contributed by atoms with Gasteiger partial charge < -0.3 is 9.52 Å². The molecule has 0 aliphatic rings. The Bertz CT molecular complexity index is 1200. The summed E-state index contributed by atoms with van der Waals surface area (Å²) in [6, 6.07) is 16.0. The number of carboxylic acids is 1. The number of carboxylic acid groups (broad SMARTS) is 1. The van der Waals surface area contributed by atoms with Crippen molar-refractivity contribution in [2.75, 3.05) is 0 Å². The third-order valence-electron chi connectivity index (χ3n) is 4.06. The second-order valence-corrected chi connectivity index (χ2v) is 7.96. The van der Waals surface area contributed by atoms with Gasteiger partial charge in [0, 0.05) is 19.9 Å². The molecular formula is C20H10Br2ClNO3. The first-order valence-corrected chi connectivity index (χ1v) is 9.78. The fourth-order valence-corrected chi connectivity index (χ4v) is 4.38. The lowest BCUT2D eigenvalue weighted by atomic mass is 10.1. The maximum absolute atomic E-state index is 11.8. The average Bonchev–Trinajstić information content (AvgIpc) is 3.11. The number of aromatic nitrogens is 1. The van der Waals surface area contributed by atoms with E-state index in [0.29, 0.717) is 37.6 Å². The number of pyridine rings is 1. The lowest BCUT2D eigenvalue weighted by molar-refractivity contribution is 0.0699. The molecule has 0 atom stereocenters. The van der Waals surface area contributed by atoms with Crippen LogP contribution in [-0.4, -0.2) is 16.1 Å². The lowest BCUT2D eigenvalue weighted by Gasteiger charge is -2.08. The van der Waals surface area contributed by atoms with E-state index in [2.05, 4.69) is 36.8 Å². The first kappa shape index (κ1) is 18.2. The van der Waals surface area contributed by atoms with E-state index in [9.17, 15) is 9.90 Å². The number of aromatic carboxylic acids is 1. The molecule has 2 heterocycles. The topological polar surface area (TPSA) is 63.3 Å². The van der Waals surface area contributed by atoms with Gasteiger partial charge in [0.05, 0.1) is 16.1 Å². The van der Waals surface area contributed by atoms with Crippen LogP contribution >= 0.6 is 43.5 Å². The SMILES string of the molecule is O=C(O)c1cc(-c2ccc(-c3ccccc3Cl)o2)nc2c(Br)cc(Br)cc12. The van der Waals surface area contributed by atoms with E-state index in [0.717, 1.165) is 10.0 Å². The third-order valence-corrected chi connectivity index (χ3v) is 5.45. The van der Waals surface area contributed by atoms with Crippen LogP contribution in [0, 0.1) is 0 Å². The standard InChI is InChI=1S/C20H10Br2ClNO3/c21-10-7-12-13(20(25)26)9-16(24-19(12)14(22)8-10)18-6-5-17(27-18)11-3-1-2-4-15(11)23/h1-9H,(H,25,26). The molecule has 0 bridgehead atoms. The van der Waals surface area contributed by atoms with Crippen molar-refractivity contribution in [3.05, 3.63) is 74.1 Å². The summed E-state index contributed by atoms with van der Waals surface area (Å²) in [7, 11) is 0. The molecule has 0 aliphatic carbocycles. The highest BCUT2D eigenvalue weighted by Gasteiger charge is 2.18. The minimum atomic E-state index is -1.04. The molecule has 4 nitrogen and oxygen atoms in total. The number of hydrogen-bond acceptors (Lipinski definition) is 3. The highest BCUT2D eigenvalue weighted by Crippen LogP contribution is 2.35. The maximum atomic E-state index is 11.8. The molecule has 2 aromatic carbocycles. The molecule has 4 rings (SSSR count). The molecule has 0 fully saturated rings. The number of furan rings is 1. The molecule has 0 aliphatic heterocycles. The van der Waals surface area contributed by atoms with Crippen molar-refractivity contribution >= 4 is 60.3 Å². The van der Waals surface area contributed by atoms with Gasteiger partial charge in [0.1, 0.15) is 11.5 Å². The van der Waals surface area contributed by atoms with E-state index in [4.69, 9.17) is 16.0 Å². The van der Waals surface area contributed by atoms with Gasteiger partial charge in [-0.15, -0.1) is 0 Å². The molecular weight excluding hydrogens is 497 g/mol. The van der Waals surface area contributed by atoms with Gasteiger partial charge in [-0.2, -0.15) is 0 Å². The zero-order valence-corrected chi connectivity index (χ0v) is 17.5. The maximum Gasteiger partial charge on any atom is 0.336 e. The van der Waals surface area contributed by atoms with Gasteiger partial charge in [0.25, 0.3) is 0 Å². The van der Waals surface area contributed by atoms with Crippen LogP contribution in [0.4, 0.5) is 0 Å². The second-order valence-electron chi connectivity index (χ2n) is 5.79. The summed E-state index contributed by atoms with van der Waals surface area (Å²) >= 11 is 13.1. The molecule has 7 heteroatoms. The van der Waals surface area contributed by atoms with Crippen LogP contribution in [0.3, 0.4) is 0 Å². The predicted molar refractivity (Wildman–Crippen MR) is 112 cm³/mol. The molecule has 4 aromatic rings. The quantitative estimate of drug-likeness (QED) is 0.323. The van der Waals surface area contributed by atoms with E-state index in [1.165, 1.54) is 6.07 Å². The number of hydrogen-bond donors (Lipinski definition) is 1. The first-order valence-electron chi connectivity index (χ1n) is 7.82. The van der Waals surface area contributed by atoms with Crippen LogP contribution in [0.5, 0.6) is 0 Å². The van der Waals surface area contributed by atoms with E-state index < -0.39 is 5.97 Å². The molecule has 0 amide bonds. The molecule has 0 spiro atoms. The van der Waals surface area contributed by atoms with E-state index in [-0.39, 0.29) is 5.56 Å². The second kappa shape index (κ2) is 7.11. The van der Waals surface area contributed by atoms with Crippen LogP contribution in [-0.2, 0) is 0 Å². The minimum absolute atomic E-state index is 0.146. The highest BCUT2D eigenvalue weighted by molar-refractivity contribution is 9.11. The van der Waals surface area contributed by atoms with Crippen LogP contribution in [0.2, 0.25) is 5.02 Å². The van der Waals surface area contributed by atoms with Gasteiger partial charge >= 0.3 is 5.97 Å². The fourth-order valence-electron chi connectivity index (χ4n) is 2.84. The Labute approximate surface area is 176 Å². The molecule has 0 radical (unpaired) electrons. The van der Waals surface area contributed by atoms with Gasteiger partial charge in [0.2, 0.25) is 0 Å². The summed E-state index contributed by atoms with van der Waals surface area (Å²) in [4.78, 5) is 16.4. The summed E-state index contributed by atoms with van der Waals surface area (Å²) in [6.07, 6.45) is 0. The fraction of sp³-hybridized carbons (Fsp3) is 0. The summed E-state index contributed by atoms with van der Waals surface area (Å²) in [5.41, 5.74) is 1.88. The molecule has 2 aromatic heterocycles. The normalized spacial score (nSPS) is 11.1. The monoisotopic (exact) mass is 505 g/mol. The number of benzene rings is 2. The van der Waals surface area contributed by atoms with Crippen molar-refractivity contribution in [1.29, 1.82) is 0 Å². The number of rotatable bonds is 3. The van der Waals surface area contributed by atoms with Crippen LogP contribution in [0.1, 0.15) is 10.4 Å². The molecule has 1 N–H and O–H groups in total. The van der Waals surface area contributed by atoms with Crippen molar-refractivity contribution in [1.82, 2.24) is 4.98 Å². The molecule has 0 saturated carbocycles. The Morgan fingerprint density at radius 3 is 2.52 bits per heavy atom. The minimum Gasteiger partial charge on any atom is -0.478 e. The Kier molecular flexibility index (Phi) is 4.80. The molecule has 27 heavy (non-hydrogen) atoms. The van der Waals surface area contributed by atoms with Crippen molar-refractivity contribution in [3.63, 3.8) is 0 Å². The molecule has 0 unspecified atom stereocenters. The Morgan fingerprint density at radius 1 is 1.04 bits per heavy atom. The number of halogens is 3. The van der Waals surface area contributed by atoms with Crippen LogP contribution < -0.4 is 0 Å². The van der Waals surface area contributed by atoms with Gasteiger partial charge in [-0.3, -0.25) is 0 Å². The summed E-state index contributed by atoms with van der Waals surface area (Å²) in [5, 5.41) is 10.8. The van der Waals surface area contributed by atoms with Gasteiger partial charge in [-0.1, -0.05) is 39.7 Å². The van der Waals surface area contributed by atoms with Crippen LogP contribution in [0.25, 0.3) is 33.7 Å². The Morgan fingerprint density at radius 2 is 1.78 bits per heavy atom. The van der Waals surface area contributed by atoms with E-state index in [1.807, 2.05) is 24.3 Å². The van der Waals surface area contributed by atoms with Crippen molar-refractivity contribution in [2.24, 2.45) is 0 Å². The van der Waals surface area contributed by atoms with Crippen molar-refractivity contribution < 1.29 is 14.3 Å². The third kappa shape index (κ3) is 3.40. The average molecular weight is 508 g/mol. The van der Waals surface area contributed by atoms with Gasteiger partial charge in [0.15, 0.2) is 5.76 Å². The van der Waals surface area contributed by atoms with E-state index in [1.54, 1.807) is 24.3 Å².